The number of nitrogens with zero attached hydrogens (tertiary/aromatic N) is 1. The molecule has 1 saturated heterocycles. The monoisotopic (exact) mass is 245 g/mol. The topological polar surface area (TPSA) is 49.8 Å². The first-order valence-corrected chi connectivity index (χ1v) is 5.88. The summed E-state index contributed by atoms with van der Waals surface area (Å²) in [6.45, 7) is 1.04. The molecule has 1 heterocycles. The summed E-state index contributed by atoms with van der Waals surface area (Å²) < 4.78 is 0. The first-order valence-electron chi connectivity index (χ1n) is 5.88. The lowest BCUT2D eigenvalue weighted by Gasteiger charge is -2.20. The lowest BCUT2D eigenvalue weighted by atomic mass is 10.1. The van der Waals surface area contributed by atoms with Crippen molar-refractivity contribution in [2.24, 2.45) is 0 Å². The molecule has 2 rings (SSSR count). The molecule has 0 aromatic heterocycles. The van der Waals surface area contributed by atoms with Crippen molar-refractivity contribution < 1.29 is 14.7 Å². The van der Waals surface area contributed by atoms with Crippen LogP contribution in [0.1, 0.15) is 24.0 Å². The number of hydrogen-bond acceptors (Lipinski definition) is 3. The second-order valence-electron chi connectivity index (χ2n) is 4.25. The van der Waals surface area contributed by atoms with Crippen molar-refractivity contribution in [2.75, 3.05) is 6.54 Å². The highest BCUT2D eigenvalue weighted by Crippen LogP contribution is 2.18. The van der Waals surface area contributed by atoms with Crippen molar-refractivity contribution in [3.8, 4) is 12.3 Å². The largest absolute Gasteiger partial charge is 0.480 e. The van der Waals surface area contributed by atoms with E-state index in [0.717, 1.165) is 17.5 Å². The van der Waals surface area contributed by atoms with Crippen LogP contribution in [-0.4, -0.2) is 28.7 Å². The molecule has 94 valence electrons. The third kappa shape index (κ3) is 2.89. The van der Waals surface area contributed by atoms with Gasteiger partial charge in [0.1, 0.15) is 6.04 Å². The zero-order valence-corrected chi connectivity index (χ0v) is 10.0. The van der Waals surface area contributed by atoms with Crippen molar-refractivity contribution in [1.29, 1.82) is 0 Å². The Hall–Kier alpha value is -1.83. The first-order chi connectivity index (χ1) is 8.70. The van der Waals surface area contributed by atoms with Gasteiger partial charge < -0.3 is 5.11 Å². The molecule has 1 aromatic carbocycles. The molecule has 0 amide bonds. The average molecular weight is 245 g/mol. The molecule has 4 heteroatoms. The Labute approximate surface area is 106 Å². The molecule has 1 fully saturated rings. The van der Waals surface area contributed by atoms with Crippen molar-refractivity contribution in [1.82, 2.24) is 5.06 Å². The number of hydrogen-bond donors (Lipinski definition) is 1. The second-order valence-corrected chi connectivity index (χ2v) is 4.25. The Morgan fingerprint density at radius 1 is 1.50 bits per heavy atom. The molecule has 1 unspecified atom stereocenters. The molecule has 1 atom stereocenters. The Bertz CT molecular complexity index is 461. The SMILES string of the molecule is C#Cc1ccc(CON2CCCC2C(=O)O)cc1. The van der Waals surface area contributed by atoms with Gasteiger partial charge >= 0.3 is 5.97 Å². The molecule has 0 saturated carbocycles. The number of terminal acetylenes is 1. The van der Waals surface area contributed by atoms with Gasteiger partial charge in [-0.3, -0.25) is 9.63 Å². The van der Waals surface area contributed by atoms with E-state index in [1.54, 1.807) is 5.06 Å². The van der Waals surface area contributed by atoms with Gasteiger partial charge in [0.2, 0.25) is 0 Å². The van der Waals surface area contributed by atoms with Crippen molar-refractivity contribution in [3.63, 3.8) is 0 Å². The molecule has 4 nitrogen and oxygen atoms in total. The minimum Gasteiger partial charge on any atom is -0.480 e. The van der Waals surface area contributed by atoms with E-state index in [9.17, 15) is 4.79 Å². The van der Waals surface area contributed by atoms with Crippen LogP contribution in [0.5, 0.6) is 0 Å². The van der Waals surface area contributed by atoms with E-state index in [1.165, 1.54) is 0 Å². The molecule has 18 heavy (non-hydrogen) atoms. The lowest BCUT2D eigenvalue weighted by molar-refractivity contribution is -0.192. The lowest BCUT2D eigenvalue weighted by Crippen LogP contribution is -2.35. The van der Waals surface area contributed by atoms with E-state index in [-0.39, 0.29) is 0 Å². The quantitative estimate of drug-likeness (QED) is 0.819. The van der Waals surface area contributed by atoms with E-state index in [4.69, 9.17) is 16.4 Å². The number of benzene rings is 1. The average Bonchev–Trinajstić information content (AvgIpc) is 2.85. The number of rotatable bonds is 4. The summed E-state index contributed by atoms with van der Waals surface area (Å²) in [7, 11) is 0. The number of carboxylic acids is 1. The highest BCUT2D eigenvalue weighted by Gasteiger charge is 2.31. The third-order valence-electron chi connectivity index (χ3n) is 3.01. The number of carboxylic acid groups (broad SMARTS) is 1. The standard InChI is InChI=1S/C14H15NO3/c1-2-11-5-7-12(8-6-11)10-18-15-9-3-4-13(15)14(16)17/h1,5-8,13H,3-4,9-10H2,(H,16,17). The highest BCUT2D eigenvalue weighted by atomic mass is 16.7. The minimum absolute atomic E-state index is 0.370. The van der Waals surface area contributed by atoms with Gasteiger partial charge in [-0.25, -0.2) is 0 Å². The molecular weight excluding hydrogens is 230 g/mol. The Balaban J connectivity index is 1.91. The summed E-state index contributed by atoms with van der Waals surface area (Å²) in [4.78, 5) is 16.5. The van der Waals surface area contributed by atoms with E-state index >= 15 is 0 Å². The molecule has 0 radical (unpaired) electrons. The fourth-order valence-electron chi connectivity index (χ4n) is 2.00. The van der Waals surface area contributed by atoms with Crippen molar-refractivity contribution in [3.05, 3.63) is 35.4 Å². The van der Waals surface area contributed by atoms with Gasteiger partial charge in [0.15, 0.2) is 0 Å². The molecule has 1 aromatic rings. The van der Waals surface area contributed by atoms with Crippen LogP contribution >= 0.6 is 0 Å². The molecule has 0 spiro atoms. The van der Waals surface area contributed by atoms with Crippen LogP contribution in [0.4, 0.5) is 0 Å². The molecular formula is C14H15NO3. The maximum Gasteiger partial charge on any atom is 0.323 e. The summed E-state index contributed by atoms with van der Waals surface area (Å²) in [5.74, 6) is 1.72. The summed E-state index contributed by atoms with van der Waals surface area (Å²) >= 11 is 0. The zero-order valence-electron chi connectivity index (χ0n) is 10.0. The molecule has 0 aliphatic carbocycles. The Morgan fingerprint density at radius 3 is 2.83 bits per heavy atom. The van der Waals surface area contributed by atoms with Gasteiger partial charge in [0.25, 0.3) is 0 Å². The summed E-state index contributed by atoms with van der Waals surface area (Å²) in [5, 5.41) is 10.6. The Morgan fingerprint density at radius 2 is 2.22 bits per heavy atom. The molecule has 1 aliphatic heterocycles. The summed E-state index contributed by atoms with van der Waals surface area (Å²) in [6, 6.07) is 6.95. The van der Waals surface area contributed by atoms with Gasteiger partial charge in [0.05, 0.1) is 6.61 Å². The fourth-order valence-corrected chi connectivity index (χ4v) is 2.00. The van der Waals surface area contributed by atoms with E-state index < -0.39 is 12.0 Å². The molecule has 1 aliphatic rings. The van der Waals surface area contributed by atoms with Gasteiger partial charge in [-0.1, -0.05) is 18.1 Å². The number of hydroxylamine groups is 2. The fraction of sp³-hybridized carbons (Fsp3) is 0.357. The normalized spacial score (nSPS) is 19.6. The number of carbonyl (C=O) groups is 1. The smallest absolute Gasteiger partial charge is 0.323 e. The van der Waals surface area contributed by atoms with Gasteiger partial charge in [0, 0.05) is 12.1 Å². The van der Waals surface area contributed by atoms with Crippen LogP contribution in [0.2, 0.25) is 0 Å². The van der Waals surface area contributed by atoms with Crippen molar-refractivity contribution in [2.45, 2.75) is 25.5 Å². The first kappa shape index (κ1) is 12.6. The van der Waals surface area contributed by atoms with E-state index in [2.05, 4.69) is 5.92 Å². The van der Waals surface area contributed by atoms with Crippen LogP contribution in [0, 0.1) is 12.3 Å². The van der Waals surface area contributed by atoms with Crippen LogP contribution in [-0.2, 0) is 16.2 Å². The predicted octanol–water partition coefficient (Wildman–Crippen LogP) is 1.65. The summed E-state index contributed by atoms with van der Waals surface area (Å²) in [6.07, 6.45) is 6.77. The van der Waals surface area contributed by atoms with Crippen LogP contribution < -0.4 is 0 Å². The Kier molecular flexibility index (Phi) is 3.98. The van der Waals surface area contributed by atoms with E-state index in [1.807, 2.05) is 24.3 Å². The van der Waals surface area contributed by atoms with E-state index in [0.29, 0.717) is 19.6 Å². The zero-order chi connectivity index (χ0) is 13.0. The molecule has 1 N–H and O–H groups in total. The minimum atomic E-state index is -0.824. The van der Waals surface area contributed by atoms with Gasteiger partial charge in [-0.05, 0) is 30.5 Å². The van der Waals surface area contributed by atoms with Crippen LogP contribution in [0.15, 0.2) is 24.3 Å². The maximum atomic E-state index is 11.0. The van der Waals surface area contributed by atoms with Crippen molar-refractivity contribution >= 4 is 5.97 Å². The van der Waals surface area contributed by atoms with Crippen LogP contribution in [0.3, 0.4) is 0 Å². The van der Waals surface area contributed by atoms with Crippen LogP contribution in [0.25, 0.3) is 0 Å². The number of aliphatic carboxylic acids is 1. The predicted molar refractivity (Wildman–Crippen MR) is 66.5 cm³/mol. The second kappa shape index (κ2) is 5.67. The van der Waals surface area contributed by atoms with Gasteiger partial charge in [-0.15, -0.1) is 6.42 Å². The molecule has 0 bridgehead atoms. The summed E-state index contributed by atoms with van der Waals surface area (Å²) in [5.41, 5.74) is 1.80. The third-order valence-corrected chi connectivity index (χ3v) is 3.01. The highest BCUT2D eigenvalue weighted by molar-refractivity contribution is 5.73. The maximum absolute atomic E-state index is 11.0. The van der Waals surface area contributed by atoms with Gasteiger partial charge in [-0.2, -0.15) is 5.06 Å².